The van der Waals surface area contributed by atoms with Crippen molar-refractivity contribution < 1.29 is 18.3 Å². The predicted molar refractivity (Wildman–Crippen MR) is 90.0 cm³/mol. The van der Waals surface area contributed by atoms with E-state index in [9.17, 15) is 4.39 Å². The highest BCUT2D eigenvalue weighted by Crippen LogP contribution is 2.41. The molecule has 0 amide bonds. The van der Waals surface area contributed by atoms with E-state index in [1.54, 1.807) is 30.3 Å². The van der Waals surface area contributed by atoms with Crippen molar-refractivity contribution in [3.05, 3.63) is 83.9 Å². The molecule has 0 aromatic heterocycles. The second kappa shape index (κ2) is 6.65. The maximum absolute atomic E-state index is 15.3. The van der Waals surface area contributed by atoms with Crippen molar-refractivity contribution in [3.63, 3.8) is 0 Å². The first-order valence-corrected chi connectivity index (χ1v) is 7.71. The largest absolute Gasteiger partial charge is 0.496 e. The van der Waals surface area contributed by atoms with Crippen LogP contribution in [0.3, 0.4) is 0 Å². The zero-order valence-electron chi connectivity index (χ0n) is 12.9. The van der Waals surface area contributed by atoms with Crippen LogP contribution in [0.15, 0.2) is 72.5 Å². The number of rotatable bonds is 4. The van der Waals surface area contributed by atoms with Gasteiger partial charge in [-0.15, -0.1) is 0 Å². The summed E-state index contributed by atoms with van der Waals surface area (Å²) in [6.45, 7) is 0. The molecule has 0 saturated heterocycles. The fourth-order valence-electron chi connectivity index (χ4n) is 2.54. The zero-order chi connectivity index (χ0) is 17.2. The predicted octanol–water partition coefficient (Wildman–Crippen LogP) is 5.11. The Labute approximate surface area is 144 Å². The molecule has 1 aliphatic rings. The lowest BCUT2D eigenvalue weighted by Crippen LogP contribution is -2.41. The SMILES string of the molecule is COC1=C(c2ccccc2)C(F)C(Cl)(Oc2ccc(F)cc2)C=C1. The van der Waals surface area contributed by atoms with Gasteiger partial charge in [-0.1, -0.05) is 41.9 Å². The van der Waals surface area contributed by atoms with Gasteiger partial charge in [0.05, 0.1) is 7.11 Å². The first-order chi connectivity index (χ1) is 11.5. The van der Waals surface area contributed by atoms with E-state index in [2.05, 4.69) is 0 Å². The molecular weight excluding hydrogens is 334 g/mol. The molecule has 2 atom stereocenters. The highest BCUT2D eigenvalue weighted by Gasteiger charge is 2.44. The van der Waals surface area contributed by atoms with Crippen LogP contribution in [0.4, 0.5) is 8.78 Å². The van der Waals surface area contributed by atoms with Crippen molar-refractivity contribution >= 4 is 17.2 Å². The second-order valence-corrected chi connectivity index (χ2v) is 5.89. The molecule has 1 aliphatic carbocycles. The van der Waals surface area contributed by atoms with Crippen molar-refractivity contribution in [1.82, 2.24) is 0 Å². The summed E-state index contributed by atoms with van der Waals surface area (Å²) in [6.07, 6.45) is 1.30. The minimum Gasteiger partial charge on any atom is -0.496 e. The van der Waals surface area contributed by atoms with Crippen LogP contribution in [-0.2, 0) is 4.74 Å². The number of allylic oxidation sites excluding steroid dienone is 1. The molecule has 3 rings (SSSR count). The van der Waals surface area contributed by atoms with Crippen molar-refractivity contribution in [2.45, 2.75) is 11.2 Å². The van der Waals surface area contributed by atoms with Gasteiger partial charge in [-0.25, -0.2) is 8.78 Å². The molecule has 24 heavy (non-hydrogen) atoms. The molecular formula is C19H15ClF2O2. The van der Waals surface area contributed by atoms with Crippen molar-refractivity contribution in [2.75, 3.05) is 7.11 Å². The van der Waals surface area contributed by atoms with Gasteiger partial charge in [0.15, 0.2) is 6.17 Å². The summed E-state index contributed by atoms with van der Waals surface area (Å²) in [5.74, 6) is 0.244. The van der Waals surface area contributed by atoms with Crippen LogP contribution in [0.2, 0.25) is 0 Å². The van der Waals surface area contributed by atoms with E-state index in [1.165, 1.54) is 37.5 Å². The maximum Gasteiger partial charge on any atom is 0.236 e. The highest BCUT2D eigenvalue weighted by molar-refractivity contribution is 6.26. The summed E-state index contributed by atoms with van der Waals surface area (Å²) in [6, 6.07) is 14.2. The average molecular weight is 349 g/mol. The Balaban J connectivity index is 1.96. The third-order valence-electron chi connectivity index (χ3n) is 3.72. The van der Waals surface area contributed by atoms with Crippen LogP contribution in [0.25, 0.3) is 5.57 Å². The molecule has 0 aliphatic heterocycles. The van der Waals surface area contributed by atoms with Gasteiger partial charge in [-0.3, -0.25) is 0 Å². The van der Waals surface area contributed by atoms with E-state index >= 15 is 4.39 Å². The van der Waals surface area contributed by atoms with Crippen LogP contribution in [0.1, 0.15) is 5.56 Å². The Hall–Kier alpha value is -2.33. The highest BCUT2D eigenvalue weighted by atomic mass is 35.5. The fourth-order valence-corrected chi connectivity index (χ4v) is 2.80. The van der Waals surface area contributed by atoms with Crippen LogP contribution in [-0.4, -0.2) is 18.3 Å². The Morgan fingerprint density at radius 1 is 1.04 bits per heavy atom. The molecule has 0 spiro atoms. The van der Waals surface area contributed by atoms with Gasteiger partial charge >= 0.3 is 0 Å². The van der Waals surface area contributed by atoms with Gasteiger partial charge in [0.25, 0.3) is 0 Å². The van der Waals surface area contributed by atoms with Crippen molar-refractivity contribution in [1.29, 1.82) is 0 Å². The standard InChI is InChI=1S/C19H15ClF2O2/c1-23-16-11-12-19(20,24-15-9-7-14(21)8-10-15)18(22)17(16)13-5-3-2-4-6-13/h2-12,18H,1H3. The fraction of sp³-hybridized carbons (Fsp3) is 0.158. The number of methoxy groups -OCH3 is 1. The van der Waals surface area contributed by atoms with Gasteiger partial charge in [-0.05, 0) is 42.0 Å². The normalized spacial score (nSPS) is 23.2. The molecule has 124 valence electrons. The summed E-state index contributed by atoms with van der Waals surface area (Å²) < 4.78 is 39.2. The van der Waals surface area contributed by atoms with Gasteiger partial charge in [0.2, 0.25) is 5.06 Å². The van der Waals surface area contributed by atoms with E-state index < -0.39 is 17.0 Å². The lowest BCUT2D eigenvalue weighted by atomic mass is 9.92. The minimum absolute atomic E-state index is 0.270. The summed E-state index contributed by atoms with van der Waals surface area (Å²) >= 11 is 6.40. The maximum atomic E-state index is 15.3. The van der Waals surface area contributed by atoms with E-state index in [0.717, 1.165) is 0 Å². The average Bonchev–Trinajstić information content (AvgIpc) is 2.60. The molecule has 2 unspecified atom stereocenters. The Kier molecular flexibility index (Phi) is 4.58. The monoisotopic (exact) mass is 348 g/mol. The topological polar surface area (TPSA) is 18.5 Å². The molecule has 2 nitrogen and oxygen atoms in total. The minimum atomic E-state index is -1.75. The Bertz CT molecular complexity index is 772. The van der Waals surface area contributed by atoms with Crippen molar-refractivity contribution in [2.24, 2.45) is 0 Å². The number of hydrogen-bond acceptors (Lipinski definition) is 2. The van der Waals surface area contributed by atoms with Crippen LogP contribution in [0, 0.1) is 5.82 Å². The van der Waals surface area contributed by atoms with Crippen LogP contribution < -0.4 is 4.74 Å². The third-order valence-corrected chi connectivity index (χ3v) is 4.11. The summed E-state index contributed by atoms with van der Waals surface area (Å²) in [7, 11) is 1.47. The molecule has 0 N–H and O–H groups in total. The number of alkyl halides is 2. The summed E-state index contributed by atoms with van der Waals surface area (Å²) in [5, 5.41) is -1.75. The number of hydrogen-bond donors (Lipinski definition) is 0. The van der Waals surface area contributed by atoms with Crippen LogP contribution in [0.5, 0.6) is 5.75 Å². The number of benzene rings is 2. The molecule has 0 saturated carbocycles. The molecule has 0 radical (unpaired) electrons. The molecule has 0 bridgehead atoms. The summed E-state index contributed by atoms with van der Waals surface area (Å²) in [5.41, 5.74) is 0.955. The van der Waals surface area contributed by atoms with Gasteiger partial charge in [-0.2, -0.15) is 0 Å². The summed E-state index contributed by atoms with van der Waals surface area (Å²) in [4.78, 5) is 0. The smallest absolute Gasteiger partial charge is 0.236 e. The van der Waals surface area contributed by atoms with E-state index in [4.69, 9.17) is 21.1 Å². The number of ether oxygens (including phenoxy) is 2. The first kappa shape index (κ1) is 16.5. The number of halogens is 3. The molecule has 2 aromatic carbocycles. The van der Waals surface area contributed by atoms with E-state index in [-0.39, 0.29) is 5.75 Å². The molecule has 0 fully saturated rings. The Morgan fingerprint density at radius 2 is 1.71 bits per heavy atom. The quantitative estimate of drug-likeness (QED) is 0.715. The van der Waals surface area contributed by atoms with Gasteiger partial charge in [0.1, 0.15) is 17.3 Å². The lowest BCUT2D eigenvalue weighted by Gasteiger charge is -2.33. The van der Waals surface area contributed by atoms with E-state index in [1.807, 2.05) is 6.07 Å². The molecule has 2 aromatic rings. The molecule has 5 heteroatoms. The molecule has 0 heterocycles. The van der Waals surface area contributed by atoms with E-state index in [0.29, 0.717) is 16.9 Å². The zero-order valence-corrected chi connectivity index (χ0v) is 13.6. The second-order valence-electron chi connectivity index (χ2n) is 5.30. The Morgan fingerprint density at radius 3 is 2.33 bits per heavy atom. The lowest BCUT2D eigenvalue weighted by molar-refractivity contribution is 0.127. The van der Waals surface area contributed by atoms with Crippen LogP contribution >= 0.6 is 11.6 Å². The van der Waals surface area contributed by atoms with Gasteiger partial charge in [0, 0.05) is 5.57 Å². The van der Waals surface area contributed by atoms with Gasteiger partial charge < -0.3 is 9.47 Å². The van der Waals surface area contributed by atoms with Crippen molar-refractivity contribution in [3.8, 4) is 5.75 Å². The third kappa shape index (κ3) is 3.15. The first-order valence-electron chi connectivity index (χ1n) is 7.34.